The predicted octanol–water partition coefficient (Wildman–Crippen LogP) is 2.11. The zero-order valence-electron chi connectivity index (χ0n) is 11.4. The van der Waals surface area contributed by atoms with Gasteiger partial charge in [-0.3, -0.25) is 0 Å². The van der Waals surface area contributed by atoms with Crippen LogP contribution in [0.4, 0.5) is 4.39 Å². The number of sulfonamides is 1. The zero-order valence-corrected chi connectivity index (χ0v) is 13.0. The molecule has 2 rings (SSSR count). The molecule has 4 nitrogen and oxygen atoms in total. The van der Waals surface area contributed by atoms with Crippen LogP contribution < -0.4 is 10.5 Å². The number of rotatable bonds is 4. The molecule has 1 aliphatic rings. The van der Waals surface area contributed by atoms with Crippen molar-refractivity contribution in [2.24, 2.45) is 5.73 Å². The average molecular weight is 323 g/mol. The summed E-state index contributed by atoms with van der Waals surface area (Å²) in [5, 5.41) is 0. The van der Waals surface area contributed by atoms with Gasteiger partial charge in [0.25, 0.3) is 0 Å². The van der Waals surface area contributed by atoms with Gasteiger partial charge in [0.15, 0.2) is 0 Å². The van der Waals surface area contributed by atoms with E-state index in [9.17, 15) is 12.8 Å². The van der Waals surface area contributed by atoms with E-state index in [4.69, 9.17) is 5.73 Å². The molecule has 114 valence electrons. The Labute approximate surface area is 125 Å². The van der Waals surface area contributed by atoms with Gasteiger partial charge in [-0.1, -0.05) is 25.0 Å². The lowest BCUT2D eigenvalue weighted by Crippen LogP contribution is -2.51. The molecule has 1 aromatic rings. The maximum Gasteiger partial charge on any atom is 0.244 e. The molecular formula is C13H20ClFN2O2S. The Morgan fingerprint density at radius 2 is 1.95 bits per heavy atom. The van der Waals surface area contributed by atoms with Crippen LogP contribution in [0.3, 0.4) is 0 Å². The first-order chi connectivity index (χ1) is 8.90. The average Bonchev–Trinajstić information content (AvgIpc) is 2.81. The third-order valence-electron chi connectivity index (χ3n) is 3.75. The third kappa shape index (κ3) is 3.31. The van der Waals surface area contributed by atoms with E-state index in [1.54, 1.807) is 13.0 Å². The Balaban J connectivity index is 0.00000200. The largest absolute Gasteiger partial charge is 0.329 e. The third-order valence-corrected chi connectivity index (χ3v) is 5.34. The summed E-state index contributed by atoms with van der Waals surface area (Å²) in [6, 6.07) is 4.36. The first-order valence-electron chi connectivity index (χ1n) is 6.39. The minimum absolute atomic E-state index is 0. The molecule has 0 saturated heterocycles. The van der Waals surface area contributed by atoms with Crippen molar-refractivity contribution in [3.05, 3.63) is 29.6 Å². The number of aryl methyl sites for hydroxylation is 1. The molecule has 0 bridgehead atoms. The summed E-state index contributed by atoms with van der Waals surface area (Å²) in [4.78, 5) is -0.299. The first-order valence-corrected chi connectivity index (χ1v) is 7.88. The van der Waals surface area contributed by atoms with E-state index in [0.717, 1.165) is 12.8 Å². The summed E-state index contributed by atoms with van der Waals surface area (Å²) >= 11 is 0. The van der Waals surface area contributed by atoms with Gasteiger partial charge in [0, 0.05) is 12.1 Å². The van der Waals surface area contributed by atoms with Crippen LogP contribution in [0.25, 0.3) is 0 Å². The van der Waals surface area contributed by atoms with Crippen molar-refractivity contribution in [3.8, 4) is 0 Å². The highest BCUT2D eigenvalue weighted by molar-refractivity contribution is 7.89. The lowest BCUT2D eigenvalue weighted by molar-refractivity contribution is 0.398. The van der Waals surface area contributed by atoms with Gasteiger partial charge in [-0.15, -0.1) is 12.4 Å². The molecular weight excluding hydrogens is 303 g/mol. The molecule has 1 saturated carbocycles. The van der Waals surface area contributed by atoms with E-state index >= 15 is 0 Å². The molecule has 0 unspecified atom stereocenters. The van der Waals surface area contributed by atoms with Gasteiger partial charge in [0.05, 0.1) is 0 Å². The number of nitrogens with one attached hydrogen (secondary N) is 1. The maximum absolute atomic E-state index is 13.9. The van der Waals surface area contributed by atoms with Crippen molar-refractivity contribution in [3.63, 3.8) is 0 Å². The van der Waals surface area contributed by atoms with Crippen LogP contribution in [0.1, 0.15) is 31.2 Å². The Kier molecular flexibility index (Phi) is 5.54. The molecule has 0 atom stereocenters. The van der Waals surface area contributed by atoms with Gasteiger partial charge in [0.1, 0.15) is 10.7 Å². The second-order valence-corrected chi connectivity index (χ2v) is 6.83. The summed E-state index contributed by atoms with van der Waals surface area (Å²) in [6.07, 6.45) is 3.29. The van der Waals surface area contributed by atoms with Crippen molar-refractivity contribution in [2.45, 2.75) is 43.0 Å². The molecule has 3 N–H and O–H groups in total. The van der Waals surface area contributed by atoms with Crippen LogP contribution in [-0.2, 0) is 10.0 Å². The standard InChI is InChI=1S/C13H19FN2O2S.ClH/c1-10-5-4-6-11(12(10)14)19(17,18)16-13(9-15)7-2-3-8-13;/h4-6,16H,2-3,7-9,15H2,1H3;1H. The Hall–Kier alpha value is -0.690. The highest BCUT2D eigenvalue weighted by Crippen LogP contribution is 2.31. The predicted molar refractivity (Wildman–Crippen MR) is 79.0 cm³/mol. The van der Waals surface area contributed by atoms with E-state index in [0.29, 0.717) is 18.4 Å². The maximum atomic E-state index is 13.9. The fraction of sp³-hybridized carbons (Fsp3) is 0.538. The Morgan fingerprint density at radius 3 is 2.50 bits per heavy atom. The molecule has 0 radical (unpaired) electrons. The normalized spacial score (nSPS) is 17.8. The van der Waals surface area contributed by atoms with Gasteiger partial charge in [0.2, 0.25) is 10.0 Å². The molecule has 1 aliphatic carbocycles. The van der Waals surface area contributed by atoms with Gasteiger partial charge in [-0.25, -0.2) is 17.5 Å². The second kappa shape index (κ2) is 6.39. The van der Waals surface area contributed by atoms with Crippen LogP contribution in [0, 0.1) is 12.7 Å². The van der Waals surface area contributed by atoms with Gasteiger partial charge < -0.3 is 5.73 Å². The molecule has 0 heterocycles. The number of halogens is 2. The Morgan fingerprint density at radius 1 is 1.35 bits per heavy atom. The summed E-state index contributed by atoms with van der Waals surface area (Å²) in [5.41, 5.74) is 5.40. The van der Waals surface area contributed by atoms with Gasteiger partial charge in [-0.2, -0.15) is 0 Å². The van der Waals surface area contributed by atoms with Crippen molar-refractivity contribution >= 4 is 22.4 Å². The van der Waals surface area contributed by atoms with Crippen molar-refractivity contribution in [2.75, 3.05) is 6.54 Å². The summed E-state index contributed by atoms with van der Waals surface area (Å²) < 4.78 is 41.2. The van der Waals surface area contributed by atoms with E-state index in [-0.39, 0.29) is 23.8 Å². The SMILES string of the molecule is Cc1cccc(S(=O)(=O)NC2(CN)CCCC2)c1F.Cl. The minimum atomic E-state index is -3.87. The van der Waals surface area contributed by atoms with E-state index in [1.165, 1.54) is 12.1 Å². The van der Waals surface area contributed by atoms with E-state index in [2.05, 4.69) is 4.72 Å². The molecule has 1 aromatic carbocycles. The number of hydrogen-bond donors (Lipinski definition) is 2. The lowest BCUT2D eigenvalue weighted by atomic mass is 10.0. The summed E-state index contributed by atoms with van der Waals surface area (Å²) in [7, 11) is -3.87. The first kappa shape index (κ1) is 17.4. The smallest absolute Gasteiger partial charge is 0.244 e. The lowest BCUT2D eigenvalue weighted by Gasteiger charge is -2.28. The zero-order chi connectivity index (χ0) is 14.1. The number of nitrogens with two attached hydrogens (primary N) is 1. The van der Waals surface area contributed by atoms with Crippen LogP contribution >= 0.6 is 12.4 Å². The molecule has 1 fully saturated rings. The molecule has 0 spiro atoms. The van der Waals surface area contributed by atoms with E-state index in [1.807, 2.05) is 0 Å². The fourth-order valence-corrected chi connectivity index (χ4v) is 4.19. The highest BCUT2D eigenvalue weighted by Gasteiger charge is 2.37. The monoisotopic (exact) mass is 322 g/mol. The molecule has 0 aromatic heterocycles. The molecule has 0 aliphatic heterocycles. The number of hydrogen-bond acceptors (Lipinski definition) is 3. The minimum Gasteiger partial charge on any atom is -0.329 e. The summed E-state index contributed by atoms with van der Waals surface area (Å²) in [5.74, 6) is -0.694. The highest BCUT2D eigenvalue weighted by atomic mass is 35.5. The second-order valence-electron chi connectivity index (χ2n) is 5.18. The van der Waals surface area contributed by atoms with Crippen LogP contribution in [0.15, 0.2) is 23.1 Å². The van der Waals surface area contributed by atoms with E-state index < -0.39 is 21.4 Å². The quantitative estimate of drug-likeness (QED) is 0.891. The molecule has 20 heavy (non-hydrogen) atoms. The van der Waals surface area contributed by atoms with Crippen LogP contribution in [0.2, 0.25) is 0 Å². The van der Waals surface area contributed by atoms with Crippen molar-refractivity contribution in [1.82, 2.24) is 4.72 Å². The topological polar surface area (TPSA) is 72.2 Å². The molecule has 7 heteroatoms. The van der Waals surface area contributed by atoms with Crippen LogP contribution in [0.5, 0.6) is 0 Å². The fourth-order valence-electron chi connectivity index (χ4n) is 2.57. The van der Waals surface area contributed by atoms with Gasteiger partial charge >= 0.3 is 0 Å². The van der Waals surface area contributed by atoms with Crippen molar-refractivity contribution in [1.29, 1.82) is 0 Å². The van der Waals surface area contributed by atoms with Gasteiger partial charge in [-0.05, 0) is 31.4 Å². The summed E-state index contributed by atoms with van der Waals surface area (Å²) in [6.45, 7) is 1.78. The Bertz CT molecular complexity index is 572. The van der Waals surface area contributed by atoms with Crippen molar-refractivity contribution < 1.29 is 12.8 Å². The van der Waals surface area contributed by atoms with Crippen LogP contribution in [-0.4, -0.2) is 20.5 Å². The molecule has 0 amide bonds. The number of benzene rings is 1.